The smallest absolute Gasteiger partial charge is 0.226 e. The Bertz CT molecular complexity index is 827. The van der Waals surface area contributed by atoms with Gasteiger partial charge in [-0.25, -0.2) is 9.97 Å². The Balaban J connectivity index is 1.43. The van der Waals surface area contributed by atoms with Crippen molar-refractivity contribution in [3.05, 3.63) is 41.7 Å². The molecule has 27 heavy (non-hydrogen) atoms. The molecule has 1 aliphatic carbocycles. The fraction of sp³-hybridized carbons (Fsp3) is 0.450. The van der Waals surface area contributed by atoms with Gasteiger partial charge < -0.3 is 14.5 Å². The Kier molecular flexibility index (Phi) is 5.16. The van der Waals surface area contributed by atoms with Crippen molar-refractivity contribution in [2.45, 2.75) is 32.2 Å². The Hall–Kier alpha value is -2.34. The number of halogens is 1. The molecule has 2 heterocycles. The third-order valence-corrected chi connectivity index (χ3v) is 5.68. The lowest BCUT2D eigenvalue weighted by Crippen LogP contribution is -2.56. The van der Waals surface area contributed by atoms with E-state index in [2.05, 4.69) is 21.8 Å². The van der Waals surface area contributed by atoms with Crippen LogP contribution in [0.1, 0.15) is 26.2 Å². The molecule has 1 amide bonds. The minimum absolute atomic E-state index is 0.162. The van der Waals surface area contributed by atoms with Crippen molar-refractivity contribution in [2.24, 2.45) is 5.92 Å². The molecule has 2 aromatic rings. The molecule has 0 radical (unpaired) electrons. The van der Waals surface area contributed by atoms with Crippen LogP contribution in [-0.4, -0.2) is 46.5 Å². The van der Waals surface area contributed by atoms with Crippen molar-refractivity contribution in [3.8, 4) is 11.6 Å². The fourth-order valence-electron chi connectivity index (χ4n) is 3.58. The molecule has 1 saturated heterocycles. The van der Waals surface area contributed by atoms with Crippen LogP contribution in [0.5, 0.6) is 11.6 Å². The van der Waals surface area contributed by atoms with Crippen molar-refractivity contribution >= 4 is 23.3 Å². The number of hydrogen-bond acceptors (Lipinski definition) is 5. The van der Waals surface area contributed by atoms with Crippen LogP contribution in [0.4, 0.5) is 5.82 Å². The largest absolute Gasteiger partial charge is 0.437 e. The molecule has 142 valence electrons. The van der Waals surface area contributed by atoms with Gasteiger partial charge in [0.25, 0.3) is 0 Å². The number of carbonyl (C=O) groups excluding carboxylic acids is 1. The van der Waals surface area contributed by atoms with Gasteiger partial charge in [0.15, 0.2) is 0 Å². The Morgan fingerprint density at radius 2 is 2.04 bits per heavy atom. The van der Waals surface area contributed by atoms with E-state index < -0.39 is 0 Å². The summed E-state index contributed by atoms with van der Waals surface area (Å²) in [6.07, 6.45) is 4.76. The Morgan fingerprint density at radius 1 is 1.22 bits per heavy atom. The van der Waals surface area contributed by atoms with Gasteiger partial charge in [0, 0.05) is 37.7 Å². The van der Waals surface area contributed by atoms with E-state index in [1.807, 2.05) is 23.1 Å². The highest BCUT2D eigenvalue weighted by atomic mass is 35.5. The maximum atomic E-state index is 12.6. The van der Waals surface area contributed by atoms with Gasteiger partial charge in [0.05, 0.1) is 5.02 Å². The van der Waals surface area contributed by atoms with Gasteiger partial charge in [0.2, 0.25) is 11.8 Å². The summed E-state index contributed by atoms with van der Waals surface area (Å²) in [4.78, 5) is 25.4. The number of nitrogens with zero attached hydrogens (tertiary/aromatic N) is 4. The molecule has 0 bridgehead atoms. The van der Waals surface area contributed by atoms with Crippen LogP contribution >= 0.6 is 11.6 Å². The van der Waals surface area contributed by atoms with Crippen molar-refractivity contribution in [3.63, 3.8) is 0 Å². The minimum atomic E-state index is 0.162. The van der Waals surface area contributed by atoms with Crippen molar-refractivity contribution in [1.82, 2.24) is 14.9 Å². The third-order valence-electron chi connectivity index (χ3n) is 5.37. The van der Waals surface area contributed by atoms with E-state index in [1.54, 1.807) is 12.1 Å². The zero-order chi connectivity index (χ0) is 18.8. The number of aromatic nitrogens is 2. The molecular formula is C20H23ClN4O2. The molecule has 1 aromatic carbocycles. The van der Waals surface area contributed by atoms with Crippen molar-refractivity contribution in [2.75, 3.05) is 24.5 Å². The van der Waals surface area contributed by atoms with Gasteiger partial charge in [0.1, 0.15) is 17.9 Å². The molecule has 1 aromatic heterocycles. The molecule has 2 aliphatic rings. The second-order valence-corrected chi connectivity index (χ2v) is 7.61. The fourth-order valence-corrected chi connectivity index (χ4v) is 3.76. The standard InChI is InChI=1S/C20H23ClN4O2/c1-14-12-24(9-10-25(14)20(26)15-5-4-6-15)18-11-19(23-13-22-18)27-17-8-3-2-7-16(17)21/h2-3,7-8,11,13-15H,4-6,9-10,12H2,1H3/t14-/m0/s1. The first-order valence-corrected chi connectivity index (χ1v) is 9.79. The van der Waals surface area contributed by atoms with Crippen molar-refractivity contribution < 1.29 is 9.53 Å². The summed E-state index contributed by atoms with van der Waals surface area (Å²) < 4.78 is 5.81. The van der Waals surface area contributed by atoms with Gasteiger partial charge in [-0.3, -0.25) is 4.79 Å². The molecule has 2 fully saturated rings. The van der Waals surface area contributed by atoms with Gasteiger partial charge in [-0.1, -0.05) is 30.2 Å². The summed E-state index contributed by atoms with van der Waals surface area (Å²) in [6.45, 7) is 4.33. The zero-order valence-electron chi connectivity index (χ0n) is 15.3. The number of carbonyl (C=O) groups is 1. The van der Waals surface area contributed by atoms with E-state index in [-0.39, 0.29) is 12.0 Å². The van der Waals surface area contributed by atoms with E-state index in [9.17, 15) is 4.79 Å². The lowest BCUT2D eigenvalue weighted by atomic mass is 9.84. The number of rotatable bonds is 4. The lowest BCUT2D eigenvalue weighted by molar-refractivity contribution is -0.140. The topological polar surface area (TPSA) is 58.6 Å². The molecule has 4 rings (SSSR count). The number of anilines is 1. The van der Waals surface area contributed by atoms with Gasteiger partial charge in [-0.2, -0.15) is 0 Å². The molecule has 6 nitrogen and oxygen atoms in total. The number of benzene rings is 1. The second kappa shape index (κ2) is 7.72. The minimum Gasteiger partial charge on any atom is -0.437 e. The highest BCUT2D eigenvalue weighted by molar-refractivity contribution is 6.32. The first-order valence-electron chi connectivity index (χ1n) is 9.41. The monoisotopic (exact) mass is 386 g/mol. The molecule has 0 N–H and O–H groups in total. The van der Waals surface area contributed by atoms with Crippen molar-refractivity contribution in [1.29, 1.82) is 0 Å². The van der Waals surface area contributed by atoms with E-state index in [0.717, 1.165) is 38.3 Å². The van der Waals surface area contributed by atoms with Crippen LogP contribution in [0.3, 0.4) is 0 Å². The molecule has 0 unspecified atom stereocenters. The molecular weight excluding hydrogens is 364 g/mol. The first kappa shape index (κ1) is 18.0. The summed E-state index contributed by atoms with van der Waals surface area (Å²) in [5.41, 5.74) is 0. The van der Waals surface area contributed by atoms with Crippen LogP contribution in [0, 0.1) is 5.92 Å². The average Bonchev–Trinajstić information content (AvgIpc) is 2.62. The highest BCUT2D eigenvalue weighted by Gasteiger charge is 2.34. The molecule has 7 heteroatoms. The zero-order valence-corrected chi connectivity index (χ0v) is 16.1. The van der Waals surface area contributed by atoms with E-state index >= 15 is 0 Å². The third kappa shape index (κ3) is 3.86. The maximum absolute atomic E-state index is 12.6. The van der Waals surface area contributed by atoms with Crippen LogP contribution in [-0.2, 0) is 4.79 Å². The molecule has 1 saturated carbocycles. The number of amides is 1. The molecule has 0 spiro atoms. The Labute approximate surface area is 164 Å². The quantitative estimate of drug-likeness (QED) is 0.800. The number of ether oxygens (including phenoxy) is 1. The maximum Gasteiger partial charge on any atom is 0.226 e. The van der Waals surface area contributed by atoms with E-state index in [4.69, 9.17) is 16.3 Å². The summed E-state index contributed by atoms with van der Waals surface area (Å²) >= 11 is 6.15. The van der Waals surface area contributed by atoms with Crippen LogP contribution in [0.15, 0.2) is 36.7 Å². The summed E-state index contributed by atoms with van der Waals surface area (Å²) in [5, 5.41) is 0.536. The number of para-hydroxylation sites is 1. The van der Waals surface area contributed by atoms with Crippen LogP contribution in [0.25, 0.3) is 0 Å². The average molecular weight is 387 g/mol. The summed E-state index contributed by atoms with van der Waals surface area (Å²) in [5.74, 6) is 2.38. The Morgan fingerprint density at radius 3 is 2.74 bits per heavy atom. The predicted molar refractivity (Wildman–Crippen MR) is 104 cm³/mol. The van der Waals surface area contributed by atoms with E-state index in [0.29, 0.717) is 22.6 Å². The normalized spacial score (nSPS) is 20.3. The van der Waals surface area contributed by atoms with Gasteiger partial charge >= 0.3 is 0 Å². The van der Waals surface area contributed by atoms with Gasteiger partial charge in [-0.15, -0.1) is 0 Å². The number of piperazine rings is 1. The molecule has 1 aliphatic heterocycles. The first-order chi connectivity index (χ1) is 13.1. The van der Waals surface area contributed by atoms with Crippen LogP contribution < -0.4 is 9.64 Å². The van der Waals surface area contributed by atoms with E-state index in [1.165, 1.54) is 12.7 Å². The van der Waals surface area contributed by atoms with Gasteiger partial charge in [-0.05, 0) is 31.9 Å². The number of hydrogen-bond donors (Lipinski definition) is 0. The van der Waals surface area contributed by atoms with Crippen LogP contribution in [0.2, 0.25) is 5.02 Å². The summed E-state index contributed by atoms with van der Waals surface area (Å²) in [7, 11) is 0. The lowest BCUT2D eigenvalue weighted by Gasteiger charge is -2.43. The highest BCUT2D eigenvalue weighted by Crippen LogP contribution is 2.31. The summed E-state index contributed by atoms with van der Waals surface area (Å²) in [6, 6.07) is 9.28. The SMILES string of the molecule is C[C@H]1CN(c2cc(Oc3ccccc3Cl)ncn2)CCN1C(=O)C1CCC1. The predicted octanol–water partition coefficient (Wildman–Crippen LogP) is 3.76. The molecule has 1 atom stereocenters. The second-order valence-electron chi connectivity index (χ2n) is 7.20.